The van der Waals surface area contributed by atoms with Crippen molar-refractivity contribution in [3.8, 4) is 0 Å². The van der Waals surface area contributed by atoms with E-state index in [9.17, 15) is 13.2 Å². The molecule has 0 aliphatic heterocycles. The van der Waals surface area contributed by atoms with Gasteiger partial charge in [-0.3, -0.25) is 4.79 Å². The van der Waals surface area contributed by atoms with Gasteiger partial charge in [0.25, 0.3) is 0 Å². The van der Waals surface area contributed by atoms with Gasteiger partial charge in [-0.2, -0.15) is 0 Å². The second-order valence-corrected chi connectivity index (χ2v) is 7.25. The normalized spacial score (nSPS) is 17.4. The number of hydrogen-bond acceptors (Lipinski definition) is 3. The smallest absolute Gasteiger partial charge is 0.304 e. The fourth-order valence-corrected chi connectivity index (χ4v) is 3.07. The maximum absolute atomic E-state index is 11.5. The second-order valence-electron chi connectivity index (χ2n) is 4.80. The Bertz CT molecular complexity index is 603. The van der Waals surface area contributed by atoms with E-state index >= 15 is 0 Å². The number of halogens is 1. The van der Waals surface area contributed by atoms with Gasteiger partial charge in [-0.1, -0.05) is 11.6 Å². The van der Waals surface area contributed by atoms with Crippen molar-refractivity contribution in [1.29, 1.82) is 0 Å². The van der Waals surface area contributed by atoms with Crippen LogP contribution in [0, 0.1) is 0 Å². The zero-order chi connectivity index (χ0) is 13.6. The molecule has 6 heteroatoms. The number of carboxylic acids is 1. The predicted molar refractivity (Wildman–Crippen MR) is 67.7 cm³/mol. The summed E-state index contributed by atoms with van der Waals surface area (Å²) in [6.07, 6.45) is 2.63. The minimum absolute atomic E-state index is 0.0105. The van der Waals surface area contributed by atoms with Crippen molar-refractivity contribution in [2.45, 2.75) is 29.6 Å². The molecule has 4 nitrogen and oxygen atoms in total. The van der Waals surface area contributed by atoms with Gasteiger partial charge < -0.3 is 5.11 Å². The van der Waals surface area contributed by atoms with Crippen LogP contribution in [0.25, 0.3) is 0 Å². The molecule has 1 fully saturated rings. The number of aliphatic carboxylic acids is 1. The number of benzene rings is 1. The van der Waals surface area contributed by atoms with E-state index in [0.29, 0.717) is 10.6 Å². The first-order valence-corrected chi connectivity index (χ1v) is 7.73. The third kappa shape index (κ3) is 2.67. The van der Waals surface area contributed by atoms with E-state index in [1.807, 2.05) is 0 Å². The highest BCUT2D eigenvalue weighted by Gasteiger charge is 2.46. The summed E-state index contributed by atoms with van der Waals surface area (Å²) in [6.45, 7) is 0. The highest BCUT2D eigenvalue weighted by Crippen LogP contribution is 2.51. The molecule has 98 valence electrons. The van der Waals surface area contributed by atoms with E-state index in [-0.39, 0.29) is 11.3 Å². The van der Waals surface area contributed by atoms with Gasteiger partial charge in [-0.15, -0.1) is 0 Å². The molecular weight excluding hydrogens is 276 g/mol. The van der Waals surface area contributed by atoms with Crippen LogP contribution in [-0.2, 0) is 20.0 Å². The van der Waals surface area contributed by atoms with Crippen molar-refractivity contribution in [3.05, 3.63) is 28.8 Å². The molecule has 1 aliphatic carbocycles. The van der Waals surface area contributed by atoms with Gasteiger partial charge in [-0.05, 0) is 36.6 Å². The topological polar surface area (TPSA) is 71.4 Å². The number of carbonyl (C=O) groups is 1. The van der Waals surface area contributed by atoms with Crippen molar-refractivity contribution >= 4 is 27.4 Å². The van der Waals surface area contributed by atoms with E-state index in [0.717, 1.165) is 19.1 Å². The average Bonchev–Trinajstić information content (AvgIpc) is 2.95. The standard InChI is InChI=1S/C12H13ClO4S/c1-18(16,17)10-5-8(4-9(13)6-10)12(2-3-12)7-11(14)15/h4-6H,2-3,7H2,1H3,(H,14,15). The third-order valence-corrected chi connectivity index (χ3v) is 4.57. The summed E-state index contributed by atoms with van der Waals surface area (Å²) in [5.41, 5.74) is 0.272. The summed E-state index contributed by atoms with van der Waals surface area (Å²) in [5, 5.41) is 9.22. The Balaban J connectivity index is 2.47. The Morgan fingerprint density at radius 1 is 1.39 bits per heavy atom. The van der Waals surface area contributed by atoms with Crippen LogP contribution in [0.1, 0.15) is 24.8 Å². The maximum atomic E-state index is 11.5. The lowest BCUT2D eigenvalue weighted by molar-refractivity contribution is -0.137. The Labute approximate surface area is 110 Å². The van der Waals surface area contributed by atoms with Gasteiger partial charge in [0.15, 0.2) is 9.84 Å². The van der Waals surface area contributed by atoms with Crippen LogP contribution < -0.4 is 0 Å². The first-order valence-electron chi connectivity index (χ1n) is 5.46. The SMILES string of the molecule is CS(=O)(=O)c1cc(Cl)cc(C2(CC(=O)O)CC2)c1. The molecule has 1 aromatic rings. The first-order chi connectivity index (χ1) is 8.23. The Kier molecular flexibility index (Phi) is 3.15. The van der Waals surface area contributed by atoms with Gasteiger partial charge in [0.1, 0.15) is 0 Å². The summed E-state index contributed by atoms with van der Waals surface area (Å²) in [6, 6.07) is 4.58. The second kappa shape index (κ2) is 4.24. The molecular formula is C12H13ClO4S. The van der Waals surface area contributed by atoms with Crippen molar-refractivity contribution in [1.82, 2.24) is 0 Å². The summed E-state index contributed by atoms with van der Waals surface area (Å²) in [7, 11) is -3.34. The van der Waals surface area contributed by atoms with Gasteiger partial charge in [0.05, 0.1) is 11.3 Å². The molecule has 18 heavy (non-hydrogen) atoms. The zero-order valence-electron chi connectivity index (χ0n) is 9.81. The van der Waals surface area contributed by atoms with Crippen LogP contribution >= 0.6 is 11.6 Å². The fraction of sp³-hybridized carbons (Fsp3) is 0.417. The Morgan fingerprint density at radius 3 is 2.44 bits per heavy atom. The van der Waals surface area contributed by atoms with Crippen LogP contribution in [0.2, 0.25) is 5.02 Å². The molecule has 0 atom stereocenters. The highest BCUT2D eigenvalue weighted by atomic mass is 35.5. The molecule has 0 heterocycles. The summed E-state index contributed by atoms with van der Waals surface area (Å²) < 4.78 is 23.1. The van der Waals surface area contributed by atoms with Gasteiger partial charge in [0.2, 0.25) is 0 Å². The molecule has 0 bridgehead atoms. The van der Waals surface area contributed by atoms with Crippen LogP contribution in [0.15, 0.2) is 23.1 Å². The van der Waals surface area contributed by atoms with Crippen molar-refractivity contribution in [2.75, 3.05) is 6.26 Å². The zero-order valence-corrected chi connectivity index (χ0v) is 11.4. The van der Waals surface area contributed by atoms with Gasteiger partial charge in [-0.25, -0.2) is 8.42 Å². The maximum Gasteiger partial charge on any atom is 0.304 e. The molecule has 0 aromatic heterocycles. The number of sulfone groups is 1. The first kappa shape index (κ1) is 13.4. The molecule has 0 radical (unpaired) electrons. The Morgan fingerprint density at radius 2 is 2.00 bits per heavy atom. The minimum atomic E-state index is -3.34. The summed E-state index contributed by atoms with van der Waals surface area (Å²) >= 11 is 5.91. The number of carboxylic acid groups (broad SMARTS) is 1. The van der Waals surface area contributed by atoms with Crippen LogP contribution in [-0.4, -0.2) is 25.7 Å². The average molecular weight is 289 g/mol. The molecule has 0 unspecified atom stereocenters. The van der Waals surface area contributed by atoms with E-state index in [2.05, 4.69) is 0 Å². The molecule has 1 saturated carbocycles. The van der Waals surface area contributed by atoms with Crippen molar-refractivity contribution in [2.24, 2.45) is 0 Å². The number of rotatable bonds is 4. The van der Waals surface area contributed by atoms with Crippen LogP contribution in [0.3, 0.4) is 0 Å². The lowest BCUT2D eigenvalue weighted by Crippen LogP contribution is -2.13. The fourth-order valence-electron chi connectivity index (χ4n) is 2.09. The van der Waals surface area contributed by atoms with E-state index in [4.69, 9.17) is 16.7 Å². The minimum Gasteiger partial charge on any atom is -0.481 e. The highest BCUT2D eigenvalue weighted by molar-refractivity contribution is 7.90. The monoisotopic (exact) mass is 288 g/mol. The quantitative estimate of drug-likeness (QED) is 0.922. The van der Waals surface area contributed by atoms with E-state index < -0.39 is 21.2 Å². The summed E-state index contributed by atoms with van der Waals surface area (Å²) in [4.78, 5) is 11.0. The van der Waals surface area contributed by atoms with Gasteiger partial charge in [0, 0.05) is 16.7 Å². The third-order valence-electron chi connectivity index (χ3n) is 3.25. The predicted octanol–water partition coefficient (Wildman–Crippen LogP) is 2.25. The van der Waals surface area contributed by atoms with Crippen LogP contribution in [0.4, 0.5) is 0 Å². The molecule has 0 spiro atoms. The molecule has 1 N–H and O–H groups in total. The van der Waals surface area contributed by atoms with Crippen LogP contribution in [0.5, 0.6) is 0 Å². The number of hydrogen-bond donors (Lipinski definition) is 1. The Hall–Kier alpha value is -1.07. The molecule has 1 aliphatic rings. The lowest BCUT2D eigenvalue weighted by atomic mass is 9.92. The van der Waals surface area contributed by atoms with Crippen molar-refractivity contribution < 1.29 is 18.3 Å². The van der Waals surface area contributed by atoms with Crippen molar-refractivity contribution in [3.63, 3.8) is 0 Å². The molecule has 0 amide bonds. The van der Waals surface area contributed by atoms with Gasteiger partial charge >= 0.3 is 5.97 Å². The largest absolute Gasteiger partial charge is 0.481 e. The van der Waals surface area contributed by atoms with E-state index in [1.165, 1.54) is 12.1 Å². The molecule has 1 aromatic carbocycles. The lowest BCUT2D eigenvalue weighted by Gasteiger charge is -2.14. The van der Waals surface area contributed by atoms with E-state index in [1.54, 1.807) is 6.07 Å². The summed E-state index contributed by atoms with van der Waals surface area (Å²) in [5.74, 6) is -0.881. The molecule has 2 rings (SSSR count). The molecule has 0 saturated heterocycles.